The Balaban J connectivity index is 2.62. The van der Waals surface area contributed by atoms with Gasteiger partial charge in [-0.25, -0.2) is 14.4 Å². The molecule has 1 aliphatic rings. The van der Waals surface area contributed by atoms with Gasteiger partial charge >= 0.3 is 17.9 Å². The fraction of sp³-hybridized carbons (Fsp3) is 0.167. The predicted molar refractivity (Wildman–Crippen MR) is 91.3 cm³/mol. The van der Waals surface area contributed by atoms with Crippen molar-refractivity contribution in [3.05, 3.63) is 59.5 Å². The second-order valence-electron chi connectivity index (χ2n) is 5.01. The highest BCUT2D eigenvalue weighted by Crippen LogP contribution is 2.30. The van der Waals surface area contributed by atoms with Gasteiger partial charge in [-0.1, -0.05) is 6.08 Å². The Morgan fingerprint density at radius 3 is 2.15 bits per heavy atom. The quantitative estimate of drug-likeness (QED) is 0.640. The van der Waals surface area contributed by atoms with Gasteiger partial charge in [-0.2, -0.15) is 0 Å². The van der Waals surface area contributed by atoms with Crippen molar-refractivity contribution in [2.24, 2.45) is 0 Å². The SMILES string of the molecule is COC(=O)C1=C(C(=O)OC)N(c2ccc(C(=O)OC)c(O)c2)C=CC=C1. The van der Waals surface area contributed by atoms with Crippen molar-refractivity contribution in [2.45, 2.75) is 0 Å². The molecule has 0 fully saturated rings. The molecule has 0 aliphatic carbocycles. The first-order valence-corrected chi connectivity index (χ1v) is 7.41. The molecule has 8 heteroatoms. The topological polar surface area (TPSA) is 102 Å². The number of hydrogen-bond acceptors (Lipinski definition) is 8. The second-order valence-corrected chi connectivity index (χ2v) is 5.01. The maximum absolute atomic E-state index is 12.3. The van der Waals surface area contributed by atoms with Gasteiger partial charge in [0, 0.05) is 18.0 Å². The summed E-state index contributed by atoms with van der Waals surface area (Å²) in [6, 6.07) is 4.09. The Kier molecular flexibility index (Phi) is 5.79. The number of phenolic OH excluding ortho intramolecular Hbond substituents is 1. The normalized spacial score (nSPS) is 13.3. The summed E-state index contributed by atoms with van der Waals surface area (Å²) in [5.41, 5.74) is 0.150. The molecule has 136 valence electrons. The number of anilines is 1. The first-order valence-electron chi connectivity index (χ1n) is 7.41. The molecule has 0 saturated heterocycles. The summed E-state index contributed by atoms with van der Waals surface area (Å²) in [7, 11) is 3.57. The molecule has 1 aliphatic heterocycles. The summed E-state index contributed by atoms with van der Waals surface area (Å²) in [5, 5.41) is 10.1. The fourth-order valence-corrected chi connectivity index (χ4v) is 2.32. The van der Waals surface area contributed by atoms with E-state index in [1.54, 1.807) is 12.2 Å². The van der Waals surface area contributed by atoms with E-state index in [2.05, 4.69) is 4.74 Å². The van der Waals surface area contributed by atoms with E-state index in [0.29, 0.717) is 5.69 Å². The Labute approximate surface area is 149 Å². The molecule has 0 aromatic heterocycles. The van der Waals surface area contributed by atoms with Gasteiger partial charge in [-0.15, -0.1) is 0 Å². The minimum atomic E-state index is -0.780. The van der Waals surface area contributed by atoms with Gasteiger partial charge < -0.3 is 24.2 Å². The first-order chi connectivity index (χ1) is 12.4. The summed E-state index contributed by atoms with van der Waals surface area (Å²) in [6.07, 6.45) is 6.06. The summed E-state index contributed by atoms with van der Waals surface area (Å²) in [6.45, 7) is 0. The molecule has 26 heavy (non-hydrogen) atoms. The van der Waals surface area contributed by atoms with Crippen LogP contribution in [0.4, 0.5) is 5.69 Å². The van der Waals surface area contributed by atoms with E-state index in [1.165, 1.54) is 56.7 Å². The largest absolute Gasteiger partial charge is 0.507 e. The lowest BCUT2D eigenvalue weighted by Gasteiger charge is -2.23. The van der Waals surface area contributed by atoms with Crippen molar-refractivity contribution in [2.75, 3.05) is 26.2 Å². The third-order valence-electron chi connectivity index (χ3n) is 3.55. The number of esters is 3. The van der Waals surface area contributed by atoms with Crippen molar-refractivity contribution < 1.29 is 33.7 Å². The number of ether oxygens (including phenoxy) is 3. The average molecular weight is 359 g/mol. The number of benzene rings is 1. The summed E-state index contributed by atoms with van der Waals surface area (Å²) < 4.78 is 14.1. The van der Waals surface area contributed by atoms with E-state index < -0.39 is 17.9 Å². The third-order valence-corrected chi connectivity index (χ3v) is 3.55. The van der Waals surface area contributed by atoms with Gasteiger partial charge in [0.2, 0.25) is 0 Å². The highest BCUT2D eigenvalue weighted by Gasteiger charge is 2.28. The van der Waals surface area contributed by atoms with Crippen LogP contribution >= 0.6 is 0 Å². The van der Waals surface area contributed by atoms with E-state index >= 15 is 0 Å². The monoisotopic (exact) mass is 359 g/mol. The average Bonchev–Trinajstić information content (AvgIpc) is 2.88. The number of allylic oxidation sites excluding steroid dienone is 2. The van der Waals surface area contributed by atoms with Crippen LogP contribution < -0.4 is 4.90 Å². The number of nitrogens with zero attached hydrogens (tertiary/aromatic N) is 1. The minimum Gasteiger partial charge on any atom is -0.507 e. The number of methoxy groups -OCH3 is 3. The van der Waals surface area contributed by atoms with Gasteiger partial charge in [0.05, 0.1) is 26.9 Å². The van der Waals surface area contributed by atoms with Crippen molar-refractivity contribution in [1.29, 1.82) is 0 Å². The Bertz CT molecular complexity index is 836. The van der Waals surface area contributed by atoms with Crippen LogP contribution in [0.3, 0.4) is 0 Å². The molecule has 1 N–H and O–H groups in total. The Morgan fingerprint density at radius 1 is 0.923 bits per heavy atom. The number of hydrogen-bond donors (Lipinski definition) is 1. The van der Waals surface area contributed by atoms with E-state index in [0.717, 1.165) is 0 Å². The second kappa shape index (κ2) is 8.02. The zero-order chi connectivity index (χ0) is 19.3. The Morgan fingerprint density at radius 2 is 1.58 bits per heavy atom. The minimum absolute atomic E-state index is 0.0270. The van der Waals surface area contributed by atoms with Crippen LogP contribution in [0, 0.1) is 0 Å². The van der Waals surface area contributed by atoms with Crippen LogP contribution in [-0.4, -0.2) is 44.3 Å². The summed E-state index contributed by atoms with van der Waals surface area (Å²) >= 11 is 0. The van der Waals surface area contributed by atoms with Crippen molar-refractivity contribution in [3.63, 3.8) is 0 Å². The molecule has 1 aromatic rings. The van der Waals surface area contributed by atoms with Crippen LogP contribution in [0.1, 0.15) is 10.4 Å². The van der Waals surface area contributed by atoms with Crippen LogP contribution in [-0.2, 0) is 23.8 Å². The van der Waals surface area contributed by atoms with Crippen molar-refractivity contribution >= 4 is 23.6 Å². The highest BCUT2D eigenvalue weighted by atomic mass is 16.5. The van der Waals surface area contributed by atoms with E-state index in [-0.39, 0.29) is 22.6 Å². The van der Waals surface area contributed by atoms with Crippen molar-refractivity contribution in [1.82, 2.24) is 0 Å². The Hall–Kier alpha value is -3.55. The lowest BCUT2D eigenvalue weighted by atomic mass is 10.1. The molecule has 0 radical (unpaired) electrons. The molecule has 0 atom stereocenters. The van der Waals surface area contributed by atoms with E-state index in [9.17, 15) is 19.5 Å². The maximum Gasteiger partial charge on any atom is 0.355 e. The number of aromatic hydroxyl groups is 1. The maximum atomic E-state index is 12.3. The summed E-state index contributed by atoms with van der Waals surface area (Å²) in [4.78, 5) is 37.3. The fourth-order valence-electron chi connectivity index (χ4n) is 2.32. The molecular formula is C18H17NO7. The summed E-state index contributed by atoms with van der Waals surface area (Å²) in [5.74, 6) is -2.56. The van der Waals surface area contributed by atoms with Crippen molar-refractivity contribution in [3.8, 4) is 5.75 Å². The van der Waals surface area contributed by atoms with Gasteiger partial charge in [0.15, 0.2) is 0 Å². The molecule has 1 aromatic carbocycles. The molecule has 0 saturated carbocycles. The molecule has 0 bridgehead atoms. The van der Waals surface area contributed by atoms with Crippen LogP contribution in [0.5, 0.6) is 5.75 Å². The molecule has 0 spiro atoms. The number of carbonyl (C=O) groups excluding carboxylic acids is 3. The van der Waals surface area contributed by atoms with Gasteiger partial charge in [-0.3, -0.25) is 0 Å². The standard InChI is InChI=1S/C18H17NO7/c1-24-16(21)12-8-7-11(10-14(12)20)19-9-5-4-6-13(17(22)25-2)15(19)18(23)26-3/h4-10,20H,1-3H3. The molecule has 1 heterocycles. The zero-order valence-corrected chi connectivity index (χ0v) is 14.4. The smallest absolute Gasteiger partial charge is 0.355 e. The van der Waals surface area contributed by atoms with Gasteiger partial charge in [0.1, 0.15) is 17.0 Å². The molecule has 0 unspecified atom stereocenters. The van der Waals surface area contributed by atoms with Crippen LogP contribution in [0.2, 0.25) is 0 Å². The van der Waals surface area contributed by atoms with E-state index in [4.69, 9.17) is 9.47 Å². The molecule has 0 amide bonds. The first kappa shape index (κ1) is 18.8. The number of phenols is 1. The number of carbonyl (C=O) groups is 3. The molecule has 2 rings (SSSR count). The molecular weight excluding hydrogens is 342 g/mol. The van der Waals surface area contributed by atoms with Crippen LogP contribution in [0.25, 0.3) is 0 Å². The highest BCUT2D eigenvalue weighted by molar-refractivity contribution is 6.05. The zero-order valence-electron chi connectivity index (χ0n) is 14.4. The molecule has 8 nitrogen and oxygen atoms in total. The predicted octanol–water partition coefficient (Wildman–Crippen LogP) is 1.67. The van der Waals surface area contributed by atoms with Gasteiger partial charge in [0.25, 0.3) is 0 Å². The number of rotatable bonds is 4. The third kappa shape index (κ3) is 3.59. The lowest BCUT2D eigenvalue weighted by Crippen LogP contribution is -2.27. The lowest BCUT2D eigenvalue weighted by molar-refractivity contribution is -0.139. The van der Waals surface area contributed by atoms with Crippen LogP contribution in [0.15, 0.2) is 53.9 Å². The van der Waals surface area contributed by atoms with E-state index in [1.807, 2.05) is 0 Å². The van der Waals surface area contributed by atoms with Gasteiger partial charge in [-0.05, 0) is 24.3 Å².